The Morgan fingerprint density at radius 2 is 2.28 bits per heavy atom. The number of hydrogen-bond donors (Lipinski definition) is 1. The van der Waals surface area contributed by atoms with Crippen LogP contribution in [0.5, 0.6) is 5.75 Å². The number of nitrogens with zero attached hydrogens (tertiary/aromatic N) is 1. The summed E-state index contributed by atoms with van der Waals surface area (Å²) in [6.45, 7) is 3.84. The molecule has 1 aromatic carbocycles. The van der Waals surface area contributed by atoms with Crippen molar-refractivity contribution in [2.45, 2.75) is 26.7 Å². The summed E-state index contributed by atoms with van der Waals surface area (Å²) in [5, 5.41) is 11.7. The van der Waals surface area contributed by atoms with E-state index < -0.39 is 5.92 Å². The van der Waals surface area contributed by atoms with E-state index in [0.717, 1.165) is 23.4 Å². The number of anilines is 1. The molecule has 4 heteroatoms. The van der Waals surface area contributed by atoms with Gasteiger partial charge in [0.25, 0.3) is 0 Å². The number of carbonyl (C=O) groups excluding carboxylic acids is 1. The molecule has 1 aromatic rings. The highest BCUT2D eigenvalue weighted by atomic mass is 16.5. The summed E-state index contributed by atoms with van der Waals surface area (Å²) in [6.07, 6.45) is 1.39. The molecule has 4 nitrogen and oxygen atoms in total. The van der Waals surface area contributed by atoms with Gasteiger partial charge in [0.1, 0.15) is 11.7 Å². The van der Waals surface area contributed by atoms with E-state index in [1.54, 1.807) is 19.2 Å². The minimum atomic E-state index is -0.587. The molecule has 0 fully saturated rings. The number of carbonyl (C=O) groups is 1. The van der Waals surface area contributed by atoms with Gasteiger partial charge >= 0.3 is 0 Å². The van der Waals surface area contributed by atoms with Gasteiger partial charge in [-0.3, -0.25) is 4.79 Å². The molecule has 0 aliphatic heterocycles. The van der Waals surface area contributed by atoms with Crippen LogP contribution in [0.15, 0.2) is 18.2 Å². The van der Waals surface area contributed by atoms with Crippen LogP contribution in [-0.4, -0.2) is 13.0 Å². The molecule has 0 heterocycles. The lowest BCUT2D eigenvalue weighted by molar-refractivity contribution is -0.118. The molecule has 1 atom stereocenters. The molecule has 0 aromatic heterocycles. The fourth-order valence-corrected chi connectivity index (χ4v) is 1.67. The van der Waals surface area contributed by atoms with Gasteiger partial charge in [0.05, 0.1) is 13.2 Å². The van der Waals surface area contributed by atoms with Crippen molar-refractivity contribution in [2.24, 2.45) is 5.92 Å². The van der Waals surface area contributed by atoms with Crippen LogP contribution in [0.3, 0.4) is 0 Å². The Labute approximate surface area is 108 Å². The Bertz CT molecular complexity index is 463. The largest absolute Gasteiger partial charge is 0.497 e. The van der Waals surface area contributed by atoms with Crippen molar-refractivity contribution in [1.29, 1.82) is 5.26 Å². The SMILES string of the molecule is CCCC(C#N)C(=O)Nc1ccc(OC)cc1C. The van der Waals surface area contributed by atoms with Gasteiger partial charge in [0.15, 0.2) is 0 Å². The van der Waals surface area contributed by atoms with Crippen molar-refractivity contribution in [3.63, 3.8) is 0 Å². The Morgan fingerprint density at radius 3 is 2.78 bits per heavy atom. The standard InChI is InChI=1S/C14H18N2O2/c1-4-5-11(9-15)14(17)16-13-7-6-12(18-3)8-10(13)2/h6-8,11H,4-5H2,1-3H3,(H,16,17). The monoisotopic (exact) mass is 246 g/mol. The third-order valence-electron chi connectivity index (χ3n) is 2.74. The highest BCUT2D eigenvalue weighted by Gasteiger charge is 2.17. The summed E-state index contributed by atoms with van der Waals surface area (Å²) in [7, 11) is 1.60. The molecule has 0 saturated heterocycles. The molecule has 0 saturated carbocycles. The summed E-state index contributed by atoms with van der Waals surface area (Å²) in [4.78, 5) is 11.9. The van der Waals surface area contributed by atoms with Crippen LogP contribution in [0.1, 0.15) is 25.3 Å². The molecular formula is C14H18N2O2. The lowest BCUT2D eigenvalue weighted by Crippen LogP contribution is -2.21. The summed E-state index contributed by atoms with van der Waals surface area (Å²) < 4.78 is 5.10. The Balaban J connectivity index is 2.79. The first-order valence-electron chi connectivity index (χ1n) is 5.97. The lowest BCUT2D eigenvalue weighted by Gasteiger charge is -2.12. The molecule has 0 aliphatic carbocycles. The molecule has 1 unspecified atom stereocenters. The Kier molecular flexibility index (Phi) is 5.19. The first-order valence-corrected chi connectivity index (χ1v) is 5.97. The van der Waals surface area contributed by atoms with Crippen molar-refractivity contribution in [3.05, 3.63) is 23.8 Å². The smallest absolute Gasteiger partial charge is 0.241 e. The number of aryl methyl sites for hydroxylation is 1. The fourth-order valence-electron chi connectivity index (χ4n) is 1.67. The van der Waals surface area contributed by atoms with Gasteiger partial charge in [-0.15, -0.1) is 0 Å². The number of amides is 1. The number of nitriles is 1. The minimum Gasteiger partial charge on any atom is -0.497 e. The Hall–Kier alpha value is -2.02. The number of nitrogens with one attached hydrogen (secondary N) is 1. The predicted octanol–water partition coefficient (Wildman–Crippen LogP) is 2.88. The molecular weight excluding hydrogens is 228 g/mol. The van der Waals surface area contributed by atoms with E-state index in [0.29, 0.717) is 6.42 Å². The zero-order valence-electron chi connectivity index (χ0n) is 11.0. The van der Waals surface area contributed by atoms with E-state index in [-0.39, 0.29) is 5.91 Å². The lowest BCUT2D eigenvalue weighted by atomic mass is 10.0. The number of hydrogen-bond acceptors (Lipinski definition) is 3. The molecule has 18 heavy (non-hydrogen) atoms. The van der Waals surface area contributed by atoms with Crippen LogP contribution in [-0.2, 0) is 4.79 Å². The van der Waals surface area contributed by atoms with Gasteiger partial charge in [-0.25, -0.2) is 0 Å². The van der Waals surface area contributed by atoms with Crippen LogP contribution >= 0.6 is 0 Å². The van der Waals surface area contributed by atoms with Gasteiger partial charge in [0, 0.05) is 5.69 Å². The number of rotatable bonds is 5. The second-order valence-electron chi connectivity index (χ2n) is 4.14. The fraction of sp³-hybridized carbons (Fsp3) is 0.429. The second-order valence-corrected chi connectivity index (χ2v) is 4.14. The second kappa shape index (κ2) is 6.65. The van der Waals surface area contributed by atoms with Crippen molar-refractivity contribution in [2.75, 3.05) is 12.4 Å². The highest BCUT2D eigenvalue weighted by molar-refractivity contribution is 5.94. The topological polar surface area (TPSA) is 62.1 Å². The molecule has 0 bridgehead atoms. The summed E-state index contributed by atoms with van der Waals surface area (Å²) >= 11 is 0. The molecule has 0 spiro atoms. The van der Waals surface area contributed by atoms with Gasteiger partial charge in [-0.2, -0.15) is 5.26 Å². The molecule has 96 valence electrons. The van der Waals surface area contributed by atoms with E-state index in [1.807, 2.05) is 26.0 Å². The number of methoxy groups -OCH3 is 1. The zero-order valence-corrected chi connectivity index (χ0v) is 11.0. The van der Waals surface area contributed by atoms with Crippen LogP contribution in [0.2, 0.25) is 0 Å². The van der Waals surface area contributed by atoms with E-state index in [9.17, 15) is 4.79 Å². The van der Waals surface area contributed by atoms with Crippen molar-refractivity contribution in [1.82, 2.24) is 0 Å². The van der Waals surface area contributed by atoms with Crippen LogP contribution in [0, 0.1) is 24.2 Å². The first kappa shape index (κ1) is 14.0. The third kappa shape index (κ3) is 3.49. The van der Waals surface area contributed by atoms with Crippen molar-refractivity contribution >= 4 is 11.6 Å². The first-order chi connectivity index (χ1) is 8.62. The maximum Gasteiger partial charge on any atom is 0.241 e. The molecule has 1 N–H and O–H groups in total. The van der Waals surface area contributed by atoms with E-state index >= 15 is 0 Å². The summed E-state index contributed by atoms with van der Waals surface area (Å²) in [6, 6.07) is 7.44. The quantitative estimate of drug-likeness (QED) is 0.868. The van der Waals surface area contributed by atoms with Crippen LogP contribution < -0.4 is 10.1 Å². The number of benzene rings is 1. The zero-order chi connectivity index (χ0) is 13.5. The maximum absolute atomic E-state index is 11.9. The van der Waals surface area contributed by atoms with Gasteiger partial charge in [-0.05, 0) is 37.1 Å². The molecule has 1 amide bonds. The van der Waals surface area contributed by atoms with E-state index in [1.165, 1.54) is 0 Å². The third-order valence-corrected chi connectivity index (χ3v) is 2.74. The summed E-state index contributed by atoms with van der Waals surface area (Å²) in [5.74, 6) is -0.0833. The van der Waals surface area contributed by atoms with Gasteiger partial charge in [0.2, 0.25) is 5.91 Å². The van der Waals surface area contributed by atoms with Gasteiger partial charge in [-0.1, -0.05) is 13.3 Å². The Morgan fingerprint density at radius 1 is 1.56 bits per heavy atom. The average molecular weight is 246 g/mol. The molecule has 0 aliphatic rings. The normalized spacial score (nSPS) is 11.4. The highest BCUT2D eigenvalue weighted by Crippen LogP contribution is 2.22. The average Bonchev–Trinajstić information content (AvgIpc) is 2.38. The molecule has 0 radical (unpaired) electrons. The van der Waals surface area contributed by atoms with E-state index in [2.05, 4.69) is 5.32 Å². The minimum absolute atomic E-state index is 0.243. The van der Waals surface area contributed by atoms with Gasteiger partial charge < -0.3 is 10.1 Å². The predicted molar refractivity (Wildman–Crippen MR) is 70.4 cm³/mol. The maximum atomic E-state index is 11.9. The van der Waals surface area contributed by atoms with Crippen LogP contribution in [0.25, 0.3) is 0 Å². The van der Waals surface area contributed by atoms with Crippen molar-refractivity contribution < 1.29 is 9.53 Å². The number of ether oxygens (including phenoxy) is 1. The molecule has 1 rings (SSSR count). The van der Waals surface area contributed by atoms with Crippen molar-refractivity contribution in [3.8, 4) is 11.8 Å². The van der Waals surface area contributed by atoms with Crippen LogP contribution in [0.4, 0.5) is 5.69 Å². The van der Waals surface area contributed by atoms with E-state index in [4.69, 9.17) is 10.00 Å². The summed E-state index contributed by atoms with van der Waals surface area (Å²) in [5.41, 5.74) is 1.63.